The lowest BCUT2D eigenvalue weighted by molar-refractivity contribution is 0.0601. The van der Waals surface area contributed by atoms with E-state index in [1.807, 2.05) is 0 Å². The van der Waals surface area contributed by atoms with Gasteiger partial charge in [0.1, 0.15) is 0 Å². The van der Waals surface area contributed by atoms with Gasteiger partial charge in [0, 0.05) is 5.25 Å². The van der Waals surface area contributed by atoms with Gasteiger partial charge in [0.2, 0.25) is 0 Å². The quantitative estimate of drug-likeness (QED) is 0.548. The zero-order valence-corrected chi connectivity index (χ0v) is 13.7. The molecular formula is C14H12N2O5S2. The molecule has 2 atom stereocenters. The number of hydrogen-bond donors (Lipinski definition) is 0. The van der Waals surface area contributed by atoms with E-state index in [0.717, 1.165) is 0 Å². The monoisotopic (exact) mass is 352 g/mol. The predicted octanol–water partition coefficient (Wildman–Crippen LogP) is 0.627. The summed E-state index contributed by atoms with van der Waals surface area (Å²) in [4.78, 5) is 28.8. The Morgan fingerprint density at radius 2 is 2.17 bits per heavy atom. The molecule has 0 bridgehead atoms. The molecule has 120 valence electrons. The van der Waals surface area contributed by atoms with Crippen LogP contribution >= 0.6 is 11.8 Å². The molecule has 1 aromatic heterocycles. The number of hydrogen-bond acceptors (Lipinski definition) is 7. The van der Waals surface area contributed by atoms with Crippen LogP contribution in [0, 0.1) is 0 Å². The summed E-state index contributed by atoms with van der Waals surface area (Å²) in [6.45, 7) is 0. The number of esters is 1. The number of carbonyl (C=O) groups excluding carboxylic acids is 1. The first-order chi connectivity index (χ1) is 10.9. The van der Waals surface area contributed by atoms with Gasteiger partial charge >= 0.3 is 5.97 Å². The number of thioether (sulfide) groups is 1. The van der Waals surface area contributed by atoms with E-state index in [-0.39, 0.29) is 28.4 Å². The summed E-state index contributed by atoms with van der Waals surface area (Å²) in [5, 5.41) is 0.707. The van der Waals surface area contributed by atoms with Crippen molar-refractivity contribution in [2.24, 2.45) is 0 Å². The highest BCUT2D eigenvalue weighted by atomic mass is 32.2. The van der Waals surface area contributed by atoms with E-state index in [1.54, 1.807) is 0 Å². The van der Waals surface area contributed by atoms with E-state index in [9.17, 15) is 18.0 Å². The fraction of sp³-hybridized carbons (Fsp3) is 0.357. The second-order valence-corrected chi connectivity index (χ2v) is 8.95. The van der Waals surface area contributed by atoms with E-state index in [2.05, 4.69) is 9.72 Å². The van der Waals surface area contributed by atoms with E-state index >= 15 is 0 Å². The van der Waals surface area contributed by atoms with Gasteiger partial charge in [0.25, 0.3) is 5.56 Å². The van der Waals surface area contributed by atoms with Gasteiger partial charge in [-0.25, -0.2) is 18.2 Å². The van der Waals surface area contributed by atoms with E-state index < -0.39 is 15.8 Å². The Morgan fingerprint density at radius 1 is 1.39 bits per heavy atom. The van der Waals surface area contributed by atoms with Crippen molar-refractivity contribution in [3.8, 4) is 0 Å². The van der Waals surface area contributed by atoms with Gasteiger partial charge in [-0.1, -0.05) is 11.8 Å². The Kier molecular flexibility index (Phi) is 3.08. The number of fused-ring (bicyclic) bond motifs is 4. The molecule has 0 N–H and O–H groups in total. The predicted molar refractivity (Wildman–Crippen MR) is 84.7 cm³/mol. The number of aromatic nitrogens is 2. The Bertz CT molecular complexity index is 1010. The number of benzene rings is 1. The second-order valence-electron chi connectivity index (χ2n) is 5.59. The third-order valence-electron chi connectivity index (χ3n) is 4.15. The highest BCUT2D eigenvalue weighted by molar-refractivity contribution is 8.02. The van der Waals surface area contributed by atoms with Gasteiger partial charge in [-0.15, -0.1) is 0 Å². The zero-order valence-electron chi connectivity index (χ0n) is 12.1. The third-order valence-corrected chi connectivity index (χ3v) is 7.36. The minimum atomic E-state index is -3.11. The van der Waals surface area contributed by atoms with Crippen molar-refractivity contribution in [2.75, 3.05) is 18.6 Å². The molecule has 2 aliphatic rings. The zero-order chi connectivity index (χ0) is 16.4. The van der Waals surface area contributed by atoms with Crippen LogP contribution in [-0.4, -0.2) is 47.8 Å². The highest BCUT2D eigenvalue weighted by Crippen LogP contribution is 2.43. The maximum absolute atomic E-state index is 12.7. The van der Waals surface area contributed by atoms with Crippen LogP contribution in [0.3, 0.4) is 0 Å². The van der Waals surface area contributed by atoms with Crippen molar-refractivity contribution in [1.82, 2.24) is 9.55 Å². The highest BCUT2D eigenvalue weighted by Gasteiger charge is 2.46. The topological polar surface area (TPSA) is 95.3 Å². The molecule has 1 saturated heterocycles. The summed E-state index contributed by atoms with van der Waals surface area (Å²) in [5.74, 6) is -0.454. The van der Waals surface area contributed by atoms with Gasteiger partial charge in [-0.05, 0) is 18.2 Å². The van der Waals surface area contributed by atoms with Crippen LogP contribution < -0.4 is 5.56 Å². The molecule has 0 amide bonds. The lowest BCUT2D eigenvalue weighted by atomic mass is 10.1. The molecule has 4 rings (SSSR count). The van der Waals surface area contributed by atoms with E-state index in [1.165, 1.54) is 41.6 Å². The average molecular weight is 352 g/mol. The summed E-state index contributed by atoms with van der Waals surface area (Å²) in [6.07, 6.45) is 0. The van der Waals surface area contributed by atoms with Crippen LogP contribution in [-0.2, 0) is 14.6 Å². The van der Waals surface area contributed by atoms with Crippen molar-refractivity contribution in [3.05, 3.63) is 34.1 Å². The first-order valence-corrected chi connectivity index (χ1v) is 9.61. The largest absolute Gasteiger partial charge is 0.465 e. The first kappa shape index (κ1) is 14.7. The molecule has 0 aliphatic carbocycles. The van der Waals surface area contributed by atoms with Gasteiger partial charge in [0.05, 0.1) is 41.1 Å². The Hall–Kier alpha value is -1.87. The second kappa shape index (κ2) is 4.81. The van der Waals surface area contributed by atoms with Crippen LogP contribution in [0.4, 0.5) is 0 Å². The molecule has 2 aliphatic heterocycles. The minimum Gasteiger partial charge on any atom is -0.465 e. The van der Waals surface area contributed by atoms with Crippen molar-refractivity contribution in [2.45, 2.75) is 16.4 Å². The van der Waals surface area contributed by atoms with Gasteiger partial charge in [0.15, 0.2) is 15.0 Å². The fourth-order valence-corrected chi connectivity index (χ4v) is 6.99. The van der Waals surface area contributed by atoms with Gasteiger partial charge in [-0.2, -0.15) is 0 Å². The molecule has 23 heavy (non-hydrogen) atoms. The fourth-order valence-electron chi connectivity index (χ4n) is 3.08. The lowest BCUT2D eigenvalue weighted by Gasteiger charge is -2.11. The van der Waals surface area contributed by atoms with Crippen molar-refractivity contribution < 1.29 is 17.9 Å². The number of rotatable bonds is 1. The molecule has 2 aromatic rings. The summed E-state index contributed by atoms with van der Waals surface area (Å²) in [7, 11) is -1.82. The molecule has 9 heteroatoms. The molecular weight excluding hydrogens is 340 g/mol. The molecule has 7 nitrogen and oxygen atoms in total. The van der Waals surface area contributed by atoms with Crippen molar-refractivity contribution >= 4 is 38.5 Å². The van der Waals surface area contributed by atoms with Crippen LogP contribution in [0.15, 0.2) is 28.2 Å². The number of carbonyl (C=O) groups is 1. The standard InChI is InChI=1S/C14H12N2O5S2/c1-21-13(18)7-2-3-8-9(4-7)15-14-16(12(8)17)10-5-23(19,20)6-11(10)22-14/h2-4,10-11H,5-6H2,1H3/t10-,11-/m0/s1. The Morgan fingerprint density at radius 3 is 2.91 bits per heavy atom. The van der Waals surface area contributed by atoms with Crippen LogP contribution in [0.5, 0.6) is 0 Å². The smallest absolute Gasteiger partial charge is 0.337 e. The maximum Gasteiger partial charge on any atom is 0.337 e. The molecule has 3 heterocycles. The summed E-state index contributed by atoms with van der Waals surface area (Å²) < 4.78 is 29.7. The summed E-state index contributed by atoms with van der Waals surface area (Å²) in [6, 6.07) is 4.21. The minimum absolute atomic E-state index is 0.0228. The molecule has 0 saturated carbocycles. The number of nitrogens with zero attached hydrogens (tertiary/aromatic N) is 2. The molecule has 0 spiro atoms. The first-order valence-electron chi connectivity index (χ1n) is 6.91. The molecule has 0 unspecified atom stereocenters. The number of sulfone groups is 1. The average Bonchev–Trinajstić information content (AvgIpc) is 2.97. The van der Waals surface area contributed by atoms with Crippen LogP contribution in [0.25, 0.3) is 10.9 Å². The van der Waals surface area contributed by atoms with Crippen molar-refractivity contribution in [3.63, 3.8) is 0 Å². The van der Waals surface area contributed by atoms with Gasteiger partial charge < -0.3 is 4.74 Å². The normalized spacial score (nSPS) is 24.4. The molecule has 1 fully saturated rings. The maximum atomic E-state index is 12.7. The number of methoxy groups -OCH3 is 1. The molecule has 1 aromatic carbocycles. The summed E-state index contributed by atoms with van der Waals surface area (Å²) >= 11 is 1.31. The number of ether oxygens (including phenoxy) is 1. The van der Waals surface area contributed by atoms with Crippen LogP contribution in [0.1, 0.15) is 16.4 Å². The van der Waals surface area contributed by atoms with Crippen molar-refractivity contribution in [1.29, 1.82) is 0 Å². The SMILES string of the molecule is COC(=O)c1ccc2c(=O)n3c(nc2c1)S[C@H]1CS(=O)(=O)C[C@@H]13. The van der Waals surface area contributed by atoms with Gasteiger partial charge in [-0.3, -0.25) is 9.36 Å². The van der Waals surface area contributed by atoms with Crippen LogP contribution in [0.2, 0.25) is 0 Å². The van der Waals surface area contributed by atoms with E-state index in [4.69, 9.17) is 0 Å². The summed E-state index contributed by atoms with van der Waals surface area (Å²) in [5.41, 5.74) is 0.473. The Balaban J connectivity index is 1.90. The third kappa shape index (κ3) is 2.18. The lowest BCUT2D eigenvalue weighted by Crippen LogP contribution is -2.27. The Labute approximate surface area is 135 Å². The van der Waals surface area contributed by atoms with E-state index in [0.29, 0.717) is 21.6 Å². The molecule has 0 radical (unpaired) electrons.